The van der Waals surface area contributed by atoms with E-state index in [4.69, 9.17) is 4.42 Å². The van der Waals surface area contributed by atoms with Gasteiger partial charge in [0.2, 0.25) is 0 Å². The molecule has 1 aromatic heterocycles. The summed E-state index contributed by atoms with van der Waals surface area (Å²) in [6.45, 7) is 0. The second-order valence-corrected chi connectivity index (χ2v) is 11.2. The second kappa shape index (κ2) is 9.44. The monoisotopic (exact) mass is 546 g/mol. The number of benzene rings is 8. The van der Waals surface area contributed by atoms with Gasteiger partial charge in [-0.05, 0) is 83.9 Å². The van der Waals surface area contributed by atoms with Gasteiger partial charge in [0, 0.05) is 10.8 Å². The predicted octanol–water partition coefficient (Wildman–Crippen LogP) is 12.0. The van der Waals surface area contributed by atoms with Crippen LogP contribution >= 0.6 is 0 Å². The van der Waals surface area contributed by atoms with Crippen LogP contribution in [-0.4, -0.2) is 0 Å². The fraction of sp³-hybridized carbons (Fsp3) is 0. The Morgan fingerprint density at radius 3 is 1.51 bits per heavy atom. The molecule has 0 N–H and O–H groups in total. The fourth-order valence-electron chi connectivity index (χ4n) is 7.00. The first kappa shape index (κ1) is 24.0. The summed E-state index contributed by atoms with van der Waals surface area (Å²) in [4.78, 5) is 0. The average molecular weight is 547 g/mol. The van der Waals surface area contributed by atoms with Crippen LogP contribution in [0.2, 0.25) is 0 Å². The maximum absolute atomic E-state index is 6.50. The first-order chi connectivity index (χ1) is 21.3. The quantitative estimate of drug-likeness (QED) is 0.201. The highest BCUT2D eigenvalue weighted by Crippen LogP contribution is 2.48. The molecule has 200 valence electrons. The Labute approximate surface area is 249 Å². The maximum atomic E-state index is 6.50. The van der Waals surface area contributed by atoms with Crippen molar-refractivity contribution in [1.82, 2.24) is 0 Å². The van der Waals surface area contributed by atoms with Gasteiger partial charge in [-0.3, -0.25) is 0 Å². The molecule has 1 heteroatoms. The zero-order valence-electron chi connectivity index (χ0n) is 23.4. The molecule has 0 unspecified atom stereocenters. The van der Waals surface area contributed by atoms with Crippen molar-refractivity contribution in [2.24, 2.45) is 0 Å². The Kier molecular flexibility index (Phi) is 5.27. The van der Waals surface area contributed by atoms with E-state index < -0.39 is 0 Å². The number of hydrogen-bond donors (Lipinski definition) is 0. The molecule has 0 radical (unpaired) electrons. The van der Waals surface area contributed by atoms with E-state index >= 15 is 0 Å². The zero-order chi connectivity index (χ0) is 28.3. The van der Waals surface area contributed by atoms with Gasteiger partial charge in [-0.15, -0.1) is 0 Å². The van der Waals surface area contributed by atoms with Gasteiger partial charge >= 0.3 is 0 Å². The van der Waals surface area contributed by atoms with Crippen LogP contribution in [0.1, 0.15) is 0 Å². The minimum absolute atomic E-state index is 0.912. The zero-order valence-corrected chi connectivity index (χ0v) is 23.4. The number of rotatable bonds is 3. The SMILES string of the molecule is c1ccc(-c2ccccc2-c2c3ccccc3c(-c3cccc4oc5cc6ccccc6cc5c34)c3ccccc23)cc1. The normalized spacial score (nSPS) is 11.7. The average Bonchev–Trinajstić information content (AvgIpc) is 3.44. The van der Waals surface area contributed by atoms with Crippen LogP contribution in [0.15, 0.2) is 162 Å². The van der Waals surface area contributed by atoms with Crippen molar-refractivity contribution in [3.05, 3.63) is 158 Å². The van der Waals surface area contributed by atoms with E-state index in [2.05, 4.69) is 158 Å². The third kappa shape index (κ3) is 3.65. The molecule has 43 heavy (non-hydrogen) atoms. The van der Waals surface area contributed by atoms with Crippen LogP contribution in [0.3, 0.4) is 0 Å². The van der Waals surface area contributed by atoms with Gasteiger partial charge in [-0.25, -0.2) is 0 Å². The largest absolute Gasteiger partial charge is 0.456 e. The second-order valence-electron chi connectivity index (χ2n) is 11.2. The fourth-order valence-corrected chi connectivity index (χ4v) is 7.00. The summed E-state index contributed by atoms with van der Waals surface area (Å²) >= 11 is 0. The minimum atomic E-state index is 0.912. The Morgan fingerprint density at radius 1 is 0.326 bits per heavy atom. The first-order valence-corrected chi connectivity index (χ1v) is 14.8. The lowest BCUT2D eigenvalue weighted by Crippen LogP contribution is -1.93. The highest BCUT2D eigenvalue weighted by Gasteiger charge is 2.21. The summed E-state index contributed by atoms with van der Waals surface area (Å²) in [7, 11) is 0. The van der Waals surface area contributed by atoms with Crippen LogP contribution in [0.5, 0.6) is 0 Å². The van der Waals surface area contributed by atoms with E-state index in [-0.39, 0.29) is 0 Å². The van der Waals surface area contributed by atoms with Crippen molar-refractivity contribution in [2.45, 2.75) is 0 Å². The van der Waals surface area contributed by atoms with E-state index in [1.165, 1.54) is 65.7 Å². The molecule has 0 atom stereocenters. The number of furan rings is 1. The molecule has 9 aromatic rings. The third-order valence-corrected chi connectivity index (χ3v) is 8.85. The molecule has 0 fully saturated rings. The van der Waals surface area contributed by atoms with Crippen molar-refractivity contribution < 1.29 is 4.42 Å². The van der Waals surface area contributed by atoms with Crippen molar-refractivity contribution in [2.75, 3.05) is 0 Å². The molecule has 9 rings (SSSR count). The lowest BCUT2D eigenvalue weighted by atomic mass is 9.83. The molecule has 0 amide bonds. The smallest absolute Gasteiger partial charge is 0.136 e. The van der Waals surface area contributed by atoms with Gasteiger partial charge in [0.05, 0.1) is 0 Å². The summed E-state index contributed by atoms with van der Waals surface area (Å²) in [5.41, 5.74) is 9.24. The van der Waals surface area contributed by atoms with Gasteiger partial charge in [-0.1, -0.05) is 140 Å². The number of hydrogen-bond acceptors (Lipinski definition) is 1. The third-order valence-electron chi connectivity index (χ3n) is 8.85. The molecule has 0 aliphatic heterocycles. The summed E-state index contributed by atoms with van der Waals surface area (Å²) < 4.78 is 6.50. The van der Waals surface area contributed by atoms with Gasteiger partial charge in [0.1, 0.15) is 11.2 Å². The topological polar surface area (TPSA) is 13.1 Å². The molecular weight excluding hydrogens is 520 g/mol. The van der Waals surface area contributed by atoms with Crippen LogP contribution in [-0.2, 0) is 0 Å². The molecule has 1 heterocycles. The van der Waals surface area contributed by atoms with Crippen LogP contribution < -0.4 is 0 Å². The van der Waals surface area contributed by atoms with E-state index in [9.17, 15) is 0 Å². The van der Waals surface area contributed by atoms with Crippen LogP contribution in [0, 0.1) is 0 Å². The van der Waals surface area contributed by atoms with E-state index in [0.29, 0.717) is 0 Å². The van der Waals surface area contributed by atoms with Gasteiger partial charge in [0.15, 0.2) is 0 Å². The van der Waals surface area contributed by atoms with Crippen LogP contribution in [0.4, 0.5) is 0 Å². The molecule has 1 nitrogen and oxygen atoms in total. The Morgan fingerprint density at radius 2 is 0.837 bits per heavy atom. The molecule has 0 bridgehead atoms. The molecule has 0 saturated heterocycles. The summed E-state index contributed by atoms with van der Waals surface area (Å²) in [6.07, 6.45) is 0. The molecule has 0 spiro atoms. The van der Waals surface area contributed by atoms with Crippen molar-refractivity contribution in [3.63, 3.8) is 0 Å². The Bertz CT molecular complexity index is 2440. The van der Waals surface area contributed by atoms with Crippen molar-refractivity contribution in [1.29, 1.82) is 0 Å². The van der Waals surface area contributed by atoms with E-state index in [1.54, 1.807) is 0 Å². The highest BCUT2D eigenvalue weighted by molar-refractivity contribution is 6.26. The molecule has 0 saturated carbocycles. The van der Waals surface area contributed by atoms with Crippen LogP contribution in [0.25, 0.3) is 87.6 Å². The molecule has 0 aliphatic carbocycles. The lowest BCUT2D eigenvalue weighted by Gasteiger charge is -2.20. The van der Waals surface area contributed by atoms with Gasteiger partial charge in [-0.2, -0.15) is 0 Å². The van der Waals surface area contributed by atoms with Gasteiger partial charge < -0.3 is 4.42 Å². The standard InChI is InChI=1S/C42H26O/c1-2-13-27(14-3-1)30-17-6-7-18-31(30)40-32-19-8-10-21-34(32)41(35-22-11-9-20-33(35)40)36-23-12-24-38-42(36)37-25-28-15-4-5-16-29(28)26-39(37)43-38/h1-26H. The maximum Gasteiger partial charge on any atom is 0.136 e. The predicted molar refractivity (Wildman–Crippen MR) is 183 cm³/mol. The molecule has 0 aliphatic rings. The first-order valence-electron chi connectivity index (χ1n) is 14.8. The summed E-state index contributed by atoms with van der Waals surface area (Å²) in [5.74, 6) is 0. The van der Waals surface area contributed by atoms with Crippen molar-refractivity contribution in [3.8, 4) is 33.4 Å². The van der Waals surface area contributed by atoms with E-state index in [1.807, 2.05) is 0 Å². The highest BCUT2D eigenvalue weighted by atomic mass is 16.3. The van der Waals surface area contributed by atoms with Gasteiger partial charge in [0.25, 0.3) is 0 Å². The Hall–Kier alpha value is -5.66. The number of fused-ring (bicyclic) bond motifs is 6. The van der Waals surface area contributed by atoms with Crippen molar-refractivity contribution >= 4 is 54.3 Å². The lowest BCUT2D eigenvalue weighted by molar-refractivity contribution is 0.669. The Balaban J connectivity index is 1.43. The van der Waals surface area contributed by atoms with E-state index in [0.717, 1.165) is 21.9 Å². The summed E-state index contributed by atoms with van der Waals surface area (Å²) in [6, 6.07) is 56.7. The minimum Gasteiger partial charge on any atom is -0.456 e. The summed E-state index contributed by atoms with van der Waals surface area (Å²) in [5, 5.41) is 9.68. The molecular formula is C42H26O. The molecule has 8 aromatic carbocycles.